The number of amides is 1. The fourth-order valence-corrected chi connectivity index (χ4v) is 2.71. The summed E-state index contributed by atoms with van der Waals surface area (Å²) >= 11 is 0. The number of hydrogen-bond donors (Lipinski definition) is 2. The molecular weight excluding hydrogens is 278 g/mol. The van der Waals surface area contributed by atoms with Crippen molar-refractivity contribution in [1.29, 1.82) is 0 Å². The van der Waals surface area contributed by atoms with Gasteiger partial charge in [-0.1, -0.05) is 0 Å². The Bertz CT molecular complexity index is 656. The van der Waals surface area contributed by atoms with Gasteiger partial charge in [-0.05, 0) is 45.7 Å². The monoisotopic (exact) mass is 303 g/mol. The third kappa shape index (κ3) is 3.96. The van der Waals surface area contributed by atoms with Gasteiger partial charge in [-0.3, -0.25) is 14.6 Å². The van der Waals surface area contributed by atoms with Crippen LogP contribution < -0.4 is 5.32 Å². The molecule has 1 amide bonds. The predicted molar refractivity (Wildman–Crippen MR) is 85.6 cm³/mol. The Labute approximate surface area is 131 Å². The van der Waals surface area contributed by atoms with E-state index in [0.717, 1.165) is 35.6 Å². The lowest BCUT2D eigenvalue weighted by molar-refractivity contribution is -0.121. The Morgan fingerprint density at radius 2 is 2.14 bits per heavy atom. The quantitative estimate of drug-likeness (QED) is 0.853. The average molecular weight is 303 g/mol. The van der Waals surface area contributed by atoms with E-state index in [4.69, 9.17) is 0 Å². The van der Waals surface area contributed by atoms with E-state index in [9.17, 15) is 4.79 Å². The van der Waals surface area contributed by atoms with Gasteiger partial charge >= 0.3 is 0 Å². The number of nitrogens with one attached hydrogen (secondary N) is 2. The fraction of sp³-hybridized carbons (Fsp3) is 0.562. The van der Waals surface area contributed by atoms with Crippen LogP contribution in [-0.4, -0.2) is 31.9 Å². The molecule has 6 heteroatoms. The Kier molecular flexibility index (Phi) is 5.00. The van der Waals surface area contributed by atoms with Gasteiger partial charge in [0.25, 0.3) is 0 Å². The van der Waals surface area contributed by atoms with E-state index in [2.05, 4.69) is 20.6 Å². The Balaban J connectivity index is 1.82. The number of aromatic amines is 1. The molecule has 0 saturated heterocycles. The van der Waals surface area contributed by atoms with Crippen LogP contribution in [0, 0.1) is 20.8 Å². The summed E-state index contributed by atoms with van der Waals surface area (Å²) in [4.78, 5) is 12.1. The molecule has 0 fully saturated rings. The van der Waals surface area contributed by atoms with Crippen LogP contribution in [0.25, 0.3) is 0 Å². The molecule has 0 aromatic carbocycles. The Morgan fingerprint density at radius 3 is 2.68 bits per heavy atom. The van der Waals surface area contributed by atoms with Crippen LogP contribution in [0.4, 0.5) is 0 Å². The highest BCUT2D eigenvalue weighted by Gasteiger charge is 2.13. The molecule has 0 spiro atoms. The van der Waals surface area contributed by atoms with Gasteiger partial charge < -0.3 is 5.32 Å². The third-order valence-electron chi connectivity index (χ3n) is 3.94. The maximum Gasteiger partial charge on any atom is 0.220 e. The van der Waals surface area contributed by atoms with Crippen molar-refractivity contribution in [3.8, 4) is 0 Å². The Morgan fingerprint density at radius 1 is 1.41 bits per heavy atom. The smallest absolute Gasteiger partial charge is 0.220 e. The molecule has 0 bridgehead atoms. The van der Waals surface area contributed by atoms with E-state index < -0.39 is 0 Å². The van der Waals surface area contributed by atoms with Crippen LogP contribution in [0.15, 0.2) is 6.07 Å². The number of nitrogens with zero attached hydrogens (tertiary/aromatic N) is 3. The number of H-pyrrole nitrogens is 1. The molecule has 2 aromatic rings. The highest BCUT2D eigenvalue weighted by atomic mass is 16.1. The van der Waals surface area contributed by atoms with Crippen molar-refractivity contribution < 1.29 is 4.79 Å². The molecule has 0 aliphatic carbocycles. The molecule has 0 saturated carbocycles. The van der Waals surface area contributed by atoms with Gasteiger partial charge in [-0.15, -0.1) is 0 Å². The predicted octanol–water partition coefficient (Wildman–Crippen LogP) is 1.75. The van der Waals surface area contributed by atoms with E-state index in [1.807, 2.05) is 45.5 Å². The number of carbonyl (C=O) groups excluding carboxylic acids is 1. The molecule has 2 aromatic heterocycles. The zero-order valence-corrected chi connectivity index (χ0v) is 14.0. The zero-order chi connectivity index (χ0) is 16.3. The summed E-state index contributed by atoms with van der Waals surface area (Å²) in [5.74, 6) is 0.0717. The summed E-state index contributed by atoms with van der Waals surface area (Å²) in [7, 11) is 1.93. The third-order valence-corrected chi connectivity index (χ3v) is 3.94. The first kappa shape index (κ1) is 16.3. The summed E-state index contributed by atoms with van der Waals surface area (Å²) < 4.78 is 1.87. The van der Waals surface area contributed by atoms with E-state index in [-0.39, 0.29) is 11.9 Å². The van der Waals surface area contributed by atoms with Gasteiger partial charge in [-0.2, -0.15) is 10.2 Å². The summed E-state index contributed by atoms with van der Waals surface area (Å²) in [6.07, 6.45) is 1.95. The molecule has 0 aliphatic rings. The normalized spacial score (nSPS) is 12.4. The first-order chi connectivity index (χ1) is 10.4. The molecule has 0 aliphatic heterocycles. The molecule has 0 radical (unpaired) electrons. The number of aromatic nitrogens is 4. The van der Waals surface area contributed by atoms with Crippen LogP contribution in [-0.2, 0) is 24.7 Å². The van der Waals surface area contributed by atoms with Crippen LogP contribution in [0.2, 0.25) is 0 Å². The second-order valence-electron chi connectivity index (χ2n) is 5.99. The Hall–Kier alpha value is -2.11. The summed E-state index contributed by atoms with van der Waals surface area (Å²) in [6.45, 7) is 8.00. The standard InChI is InChI=1S/C16H25N5O/c1-10(8-14-9-11(2)18-19-14)17-16(22)7-6-15-12(3)20-21(5)13(15)4/h9-10H,6-8H2,1-5H3,(H,17,22)(H,18,19)/t10-/m1/s1. The maximum absolute atomic E-state index is 12.1. The molecular formula is C16H25N5O. The topological polar surface area (TPSA) is 75.6 Å². The van der Waals surface area contributed by atoms with Gasteiger partial charge in [0.2, 0.25) is 5.91 Å². The zero-order valence-electron chi connectivity index (χ0n) is 14.0. The van der Waals surface area contributed by atoms with Crippen molar-refractivity contribution >= 4 is 5.91 Å². The van der Waals surface area contributed by atoms with Crippen molar-refractivity contribution in [2.45, 2.75) is 53.0 Å². The maximum atomic E-state index is 12.1. The molecule has 0 unspecified atom stereocenters. The number of hydrogen-bond acceptors (Lipinski definition) is 3. The van der Waals surface area contributed by atoms with Crippen molar-refractivity contribution in [1.82, 2.24) is 25.3 Å². The summed E-state index contributed by atoms with van der Waals surface area (Å²) in [6, 6.07) is 2.08. The van der Waals surface area contributed by atoms with Gasteiger partial charge in [0, 0.05) is 37.3 Å². The van der Waals surface area contributed by atoms with Gasteiger partial charge in [0.1, 0.15) is 0 Å². The summed E-state index contributed by atoms with van der Waals surface area (Å²) in [5.41, 5.74) is 5.33. The van der Waals surface area contributed by atoms with Gasteiger partial charge in [0.05, 0.1) is 11.4 Å². The molecule has 2 rings (SSSR count). The van der Waals surface area contributed by atoms with Crippen LogP contribution in [0.1, 0.15) is 41.7 Å². The van der Waals surface area contributed by atoms with Gasteiger partial charge in [0.15, 0.2) is 0 Å². The SMILES string of the molecule is Cc1cc(C[C@@H](C)NC(=O)CCc2c(C)nn(C)c2C)n[nH]1. The first-order valence-electron chi connectivity index (χ1n) is 7.66. The van der Waals surface area contributed by atoms with Crippen molar-refractivity contribution in [3.63, 3.8) is 0 Å². The molecule has 2 heterocycles. The van der Waals surface area contributed by atoms with Crippen molar-refractivity contribution in [2.24, 2.45) is 7.05 Å². The molecule has 120 valence electrons. The van der Waals surface area contributed by atoms with Crippen LogP contribution in [0.3, 0.4) is 0 Å². The minimum absolute atomic E-state index is 0.0717. The lowest BCUT2D eigenvalue weighted by Crippen LogP contribution is -2.34. The minimum Gasteiger partial charge on any atom is -0.353 e. The first-order valence-corrected chi connectivity index (χ1v) is 7.66. The average Bonchev–Trinajstić information content (AvgIpc) is 2.92. The van der Waals surface area contributed by atoms with E-state index >= 15 is 0 Å². The minimum atomic E-state index is 0.0717. The lowest BCUT2D eigenvalue weighted by Gasteiger charge is -2.12. The van der Waals surface area contributed by atoms with E-state index in [0.29, 0.717) is 6.42 Å². The highest BCUT2D eigenvalue weighted by molar-refractivity contribution is 5.76. The fourth-order valence-electron chi connectivity index (χ4n) is 2.71. The molecule has 2 N–H and O–H groups in total. The van der Waals surface area contributed by atoms with Crippen LogP contribution >= 0.6 is 0 Å². The van der Waals surface area contributed by atoms with E-state index in [1.165, 1.54) is 5.56 Å². The molecule has 6 nitrogen and oxygen atoms in total. The lowest BCUT2D eigenvalue weighted by atomic mass is 10.1. The largest absolute Gasteiger partial charge is 0.353 e. The van der Waals surface area contributed by atoms with Gasteiger partial charge in [-0.25, -0.2) is 0 Å². The summed E-state index contributed by atoms with van der Waals surface area (Å²) in [5, 5.41) is 14.5. The van der Waals surface area contributed by atoms with Crippen molar-refractivity contribution in [2.75, 3.05) is 0 Å². The number of rotatable bonds is 6. The second-order valence-corrected chi connectivity index (χ2v) is 5.99. The van der Waals surface area contributed by atoms with Crippen LogP contribution in [0.5, 0.6) is 0 Å². The van der Waals surface area contributed by atoms with E-state index in [1.54, 1.807) is 0 Å². The number of carbonyl (C=O) groups is 1. The highest BCUT2D eigenvalue weighted by Crippen LogP contribution is 2.14. The molecule has 1 atom stereocenters. The van der Waals surface area contributed by atoms with Crippen molar-refractivity contribution in [3.05, 3.63) is 34.4 Å². The molecule has 22 heavy (non-hydrogen) atoms. The number of aryl methyl sites for hydroxylation is 3. The second kappa shape index (κ2) is 6.77.